The van der Waals surface area contributed by atoms with Crippen LogP contribution in [0.25, 0.3) is 0 Å². The van der Waals surface area contributed by atoms with Gasteiger partial charge in [0.15, 0.2) is 11.6 Å². The zero-order chi connectivity index (χ0) is 21.5. The third kappa shape index (κ3) is 3.28. The molecule has 2 aliphatic heterocycles. The molecule has 0 saturated carbocycles. The maximum Gasteiger partial charge on any atom is 0.316 e. The van der Waals surface area contributed by atoms with Crippen LogP contribution < -0.4 is 10.2 Å². The van der Waals surface area contributed by atoms with Gasteiger partial charge in [-0.1, -0.05) is 30.0 Å². The Kier molecular flexibility index (Phi) is 4.74. The number of fused-ring (bicyclic) bond motifs is 1. The molecule has 2 heterocycles. The second-order valence-electron chi connectivity index (χ2n) is 7.35. The summed E-state index contributed by atoms with van der Waals surface area (Å²) < 4.78 is 29.6. The minimum Gasteiger partial charge on any atom is -0.349 e. The Morgan fingerprint density at radius 2 is 1.63 bits per heavy atom. The Labute approximate surface area is 171 Å². The number of hydrogen-bond donors (Lipinski definition) is 1. The highest BCUT2D eigenvalue weighted by Crippen LogP contribution is 2.33. The molecule has 2 fully saturated rings. The van der Waals surface area contributed by atoms with E-state index in [1.807, 2.05) is 23.5 Å². The second kappa shape index (κ2) is 7.26. The van der Waals surface area contributed by atoms with Crippen LogP contribution >= 0.6 is 0 Å². The van der Waals surface area contributed by atoms with Gasteiger partial charge < -0.3 is 9.80 Å². The van der Waals surface area contributed by atoms with Crippen molar-refractivity contribution >= 4 is 23.4 Å². The van der Waals surface area contributed by atoms with E-state index in [-0.39, 0.29) is 30.9 Å². The van der Waals surface area contributed by atoms with Crippen molar-refractivity contribution in [2.75, 3.05) is 18.1 Å². The zero-order valence-electron chi connectivity index (χ0n) is 16.0. The Bertz CT molecular complexity index is 1100. The van der Waals surface area contributed by atoms with Crippen LogP contribution in [-0.2, 0) is 14.4 Å². The van der Waals surface area contributed by atoms with E-state index in [1.54, 1.807) is 12.1 Å². The lowest BCUT2D eigenvalue weighted by Gasteiger charge is -2.49. The molecule has 30 heavy (non-hydrogen) atoms. The molecule has 2 aromatic carbocycles. The largest absolute Gasteiger partial charge is 0.349 e. The average Bonchev–Trinajstić information content (AvgIpc) is 2.72. The van der Waals surface area contributed by atoms with Gasteiger partial charge in [0.1, 0.15) is 11.2 Å². The Hall–Kier alpha value is -3.73. The number of imide groups is 1. The topological polar surface area (TPSA) is 69.7 Å². The van der Waals surface area contributed by atoms with E-state index in [4.69, 9.17) is 0 Å². The summed E-state index contributed by atoms with van der Waals surface area (Å²) in [7, 11) is 0. The first-order chi connectivity index (χ1) is 14.3. The number of carbonyl (C=O) groups is 3. The van der Waals surface area contributed by atoms with Gasteiger partial charge in [0, 0.05) is 17.7 Å². The van der Waals surface area contributed by atoms with E-state index in [0.29, 0.717) is 5.56 Å². The highest BCUT2D eigenvalue weighted by Gasteiger charge is 2.52. The van der Waals surface area contributed by atoms with Crippen LogP contribution in [0.5, 0.6) is 0 Å². The molecular weight excluding hydrogens is 392 g/mol. The SMILES string of the molecule is C[C@@]12CCN(c3c(F)cc(C#Cc4ccccc4)cc3F)CN1C(=O)C(=O)NC2=O. The summed E-state index contributed by atoms with van der Waals surface area (Å²) >= 11 is 0. The van der Waals surface area contributed by atoms with Crippen LogP contribution in [-0.4, -0.2) is 41.4 Å². The van der Waals surface area contributed by atoms with Crippen molar-refractivity contribution in [3.8, 4) is 11.8 Å². The molecule has 0 aromatic heterocycles. The van der Waals surface area contributed by atoms with Crippen molar-refractivity contribution in [2.24, 2.45) is 0 Å². The van der Waals surface area contributed by atoms with E-state index in [2.05, 4.69) is 11.8 Å². The van der Waals surface area contributed by atoms with Gasteiger partial charge in [0.2, 0.25) is 0 Å². The van der Waals surface area contributed by atoms with E-state index >= 15 is 0 Å². The maximum atomic E-state index is 14.8. The fraction of sp³-hybridized carbons (Fsp3) is 0.227. The van der Waals surface area contributed by atoms with Gasteiger partial charge in [0.25, 0.3) is 5.91 Å². The van der Waals surface area contributed by atoms with Crippen molar-refractivity contribution in [2.45, 2.75) is 18.9 Å². The van der Waals surface area contributed by atoms with Gasteiger partial charge in [0.05, 0.1) is 6.67 Å². The number of nitrogens with one attached hydrogen (secondary N) is 1. The highest BCUT2D eigenvalue weighted by molar-refractivity contribution is 6.40. The van der Waals surface area contributed by atoms with Crippen LogP contribution in [0.1, 0.15) is 24.5 Å². The first-order valence-electron chi connectivity index (χ1n) is 9.28. The van der Waals surface area contributed by atoms with E-state index in [9.17, 15) is 23.2 Å². The summed E-state index contributed by atoms with van der Waals surface area (Å²) in [5.74, 6) is 1.34. The number of benzene rings is 2. The van der Waals surface area contributed by atoms with E-state index in [0.717, 1.165) is 17.0 Å². The minimum atomic E-state index is -1.24. The molecule has 152 valence electrons. The molecule has 0 aliphatic carbocycles. The van der Waals surface area contributed by atoms with Crippen molar-refractivity contribution in [3.63, 3.8) is 0 Å². The number of hydrogen-bond acceptors (Lipinski definition) is 4. The van der Waals surface area contributed by atoms with Gasteiger partial charge in [-0.3, -0.25) is 19.7 Å². The normalized spacial score (nSPS) is 21.0. The third-order valence-electron chi connectivity index (χ3n) is 5.39. The molecule has 1 atom stereocenters. The Morgan fingerprint density at radius 3 is 2.30 bits per heavy atom. The molecule has 1 N–H and O–H groups in total. The van der Waals surface area contributed by atoms with E-state index in [1.165, 1.54) is 11.8 Å². The molecule has 2 aromatic rings. The average molecular weight is 409 g/mol. The molecule has 2 aliphatic rings. The van der Waals surface area contributed by atoms with Crippen LogP contribution in [0.15, 0.2) is 42.5 Å². The number of piperazine rings is 1. The maximum absolute atomic E-state index is 14.8. The zero-order valence-corrected chi connectivity index (χ0v) is 16.0. The van der Waals surface area contributed by atoms with Gasteiger partial charge in [-0.05, 0) is 37.6 Å². The minimum absolute atomic E-state index is 0.117. The van der Waals surface area contributed by atoms with Crippen molar-refractivity contribution in [1.82, 2.24) is 10.2 Å². The summed E-state index contributed by atoms with van der Waals surface area (Å²) in [4.78, 5) is 38.5. The van der Waals surface area contributed by atoms with Crippen LogP contribution in [0.4, 0.5) is 14.5 Å². The highest BCUT2D eigenvalue weighted by atomic mass is 19.1. The van der Waals surface area contributed by atoms with Gasteiger partial charge >= 0.3 is 11.8 Å². The molecule has 2 saturated heterocycles. The summed E-state index contributed by atoms with van der Waals surface area (Å²) in [5, 5.41) is 2.03. The van der Waals surface area contributed by atoms with Crippen molar-refractivity contribution in [1.29, 1.82) is 0 Å². The van der Waals surface area contributed by atoms with Crippen molar-refractivity contribution in [3.05, 3.63) is 65.2 Å². The summed E-state index contributed by atoms with van der Waals surface area (Å²) in [6.07, 6.45) is 0.117. The second-order valence-corrected chi connectivity index (χ2v) is 7.35. The van der Waals surface area contributed by atoms with Crippen LogP contribution in [0, 0.1) is 23.5 Å². The lowest BCUT2D eigenvalue weighted by molar-refractivity contribution is -0.163. The number of amides is 3. The predicted octanol–water partition coefficient (Wildman–Crippen LogP) is 1.78. The van der Waals surface area contributed by atoms with Crippen molar-refractivity contribution < 1.29 is 23.2 Å². The number of rotatable bonds is 1. The number of nitrogens with zero attached hydrogens (tertiary/aromatic N) is 2. The quantitative estimate of drug-likeness (QED) is 0.443. The third-order valence-corrected chi connectivity index (χ3v) is 5.39. The summed E-state index contributed by atoms with van der Waals surface area (Å²) in [6.45, 7) is 1.38. The van der Waals surface area contributed by atoms with Gasteiger partial charge in [-0.25, -0.2) is 8.78 Å². The summed E-state index contributed by atoms with van der Waals surface area (Å²) in [5.41, 5.74) is -0.684. The lowest BCUT2D eigenvalue weighted by Crippen LogP contribution is -2.72. The van der Waals surface area contributed by atoms with Gasteiger partial charge in [-0.15, -0.1) is 0 Å². The lowest BCUT2D eigenvalue weighted by atomic mass is 9.89. The monoisotopic (exact) mass is 409 g/mol. The molecule has 3 amide bonds. The molecule has 0 spiro atoms. The first kappa shape index (κ1) is 19.6. The fourth-order valence-electron chi connectivity index (χ4n) is 3.61. The van der Waals surface area contributed by atoms with Crippen LogP contribution in [0.2, 0.25) is 0 Å². The molecule has 0 radical (unpaired) electrons. The summed E-state index contributed by atoms with van der Waals surface area (Å²) in [6, 6.07) is 11.3. The first-order valence-corrected chi connectivity index (χ1v) is 9.28. The van der Waals surface area contributed by atoms with E-state index < -0.39 is 34.9 Å². The molecule has 6 nitrogen and oxygen atoms in total. The molecule has 8 heteroatoms. The molecule has 0 unspecified atom stereocenters. The fourth-order valence-corrected chi connectivity index (χ4v) is 3.61. The Balaban J connectivity index is 1.62. The standard InChI is InChI=1S/C22H17F2N3O3/c1-22-9-10-26(13-27(22)20(29)19(28)25-21(22)30)18-16(23)11-15(12-17(18)24)8-7-14-5-3-2-4-6-14/h2-6,11-12H,9-10,13H2,1H3,(H,25,28,30)/t22-/m0/s1. The number of halogens is 2. The van der Waals surface area contributed by atoms with Gasteiger partial charge in [-0.2, -0.15) is 0 Å². The molecule has 0 bridgehead atoms. The number of anilines is 1. The molecule has 4 rings (SSSR count). The molecular formula is C22H17F2N3O3. The predicted molar refractivity (Wildman–Crippen MR) is 104 cm³/mol. The number of carbonyl (C=O) groups excluding carboxylic acids is 3. The Morgan fingerprint density at radius 1 is 1.00 bits per heavy atom. The smallest absolute Gasteiger partial charge is 0.316 e. The van der Waals surface area contributed by atoms with Crippen LogP contribution in [0.3, 0.4) is 0 Å².